The van der Waals surface area contributed by atoms with Crippen LogP contribution in [-0.2, 0) is 4.74 Å². The monoisotopic (exact) mass is 164 g/mol. The van der Waals surface area contributed by atoms with Gasteiger partial charge in [0.05, 0.1) is 6.10 Å². The lowest BCUT2D eigenvalue weighted by atomic mass is 10.1. The number of hydrogen-bond donors (Lipinski definition) is 0. The third kappa shape index (κ3) is 1.34. The highest BCUT2D eigenvalue weighted by Gasteiger charge is 2.33. The van der Waals surface area contributed by atoms with E-state index in [4.69, 9.17) is 4.74 Å². The Hall–Kier alpha value is -0.560. The Labute approximate surface area is 74.1 Å². The Morgan fingerprint density at radius 3 is 2.17 bits per heavy atom. The Balaban J connectivity index is 1.77. The summed E-state index contributed by atoms with van der Waals surface area (Å²) in [4.78, 5) is 0. The smallest absolute Gasteiger partial charge is 0.0769 e. The van der Waals surface area contributed by atoms with Crippen molar-refractivity contribution in [1.82, 2.24) is 0 Å². The summed E-state index contributed by atoms with van der Waals surface area (Å²) in [6.45, 7) is 3.13. The molecule has 0 aromatic rings. The molecule has 0 saturated heterocycles. The Morgan fingerprint density at radius 1 is 1.08 bits per heavy atom. The van der Waals surface area contributed by atoms with E-state index in [-0.39, 0.29) is 0 Å². The van der Waals surface area contributed by atoms with Crippen molar-refractivity contribution in [3.63, 3.8) is 0 Å². The van der Waals surface area contributed by atoms with E-state index in [0.717, 1.165) is 6.61 Å². The zero-order chi connectivity index (χ0) is 8.39. The molecule has 0 unspecified atom stereocenters. The van der Waals surface area contributed by atoms with Crippen LogP contribution in [0, 0.1) is 11.8 Å². The first-order valence-corrected chi connectivity index (χ1v) is 4.90. The van der Waals surface area contributed by atoms with Gasteiger partial charge in [-0.2, -0.15) is 0 Å². The van der Waals surface area contributed by atoms with E-state index in [0.29, 0.717) is 17.9 Å². The van der Waals surface area contributed by atoms with E-state index in [2.05, 4.69) is 31.2 Å². The van der Waals surface area contributed by atoms with Gasteiger partial charge in [-0.15, -0.1) is 0 Å². The van der Waals surface area contributed by atoms with Crippen molar-refractivity contribution in [2.24, 2.45) is 11.8 Å². The van der Waals surface area contributed by atoms with Gasteiger partial charge in [-0.25, -0.2) is 0 Å². The summed E-state index contributed by atoms with van der Waals surface area (Å²) in [6, 6.07) is 0. The Kier molecular flexibility index (Phi) is 2.31. The quantitative estimate of drug-likeness (QED) is 0.458. The molecule has 0 amide bonds. The molecule has 0 radical (unpaired) electrons. The van der Waals surface area contributed by atoms with Crippen LogP contribution in [0.5, 0.6) is 0 Å². The van der Waals surface area contributed by atoms with Gasteiger partial charge in [-0.05, 0) is 6.42 Å². The van der Waals surface area contributed by atoms with Gasteiger partial charge in [0.15, 0.2) is 0 Å². The lowest BCUT2D eigenvalue weighted by Gasteiger charge is -2.16. The van der Waals surface area contributed by atoms with Crippen molar-refractivity contribution in [2.75, 3.05) is 6.61 Å². The van der Waals surface area contributed by atoms with E-state index < -0.39 is 0 Å². The molecule has 0 aromatic carbocycles. The SMILES string of the molecule is CCCCOC1C2C=CC1C=C2. The molecule has 0 fully saturated rings. The second-order valence-electron chi connectivity index (χ2n) is 3.61. The van der Waals surface area contributed by atoms with Crippen molar-refractivity contribution in [2.45, 2.75) is 25.9 Å². The van der Waals surface area contributed by atoms with Gasteiger partial charge in [0, 0.05) is 18.4 Å². The van der Waals surface area contributed by atoms with Gasteiger partial charge in [0.2, 0.25) is 0 Å². The molecule has 66 valence electrons. The highest BCUT2D eigenvalue weighted by atomic mass is 16.5. The molecule has 0 heterocycles. The van der Waals surface area contributed by atoms with Crippen LogP contribution in [0.4, 0.5) is 0 Å². The van der Waals surface area contributed by atoms with Crippen molar-refractivity contribution in [1.29, 1.82) is 0 Å². The normalized spacial score (nSPS) is 36.6. The van der Waals surface area contributed by atoms with Crippen LogP contribution in [0.1, 0.15) is 19.8 Å². The van der Waals surface area contributed by atoms with Gasteiger partial charge < -0.3 is 4.74 Å². The van der Waals surface area contributed by atoms with Gasteiger partial charge in [-0.3, -0.25) is 0 Å². The molecule has 0 spiro atoms. The number of unbranched alkanes of at least 4 members (excludes halogenated alkanes) is 1. The van der Waals surface area contributed by atoms with Crippen LogP contribution in [0.15, 0.2) is 24.3 Å². The molecule has 1 heteroatoms. The van der Waals surface area contributed by atoms with Gasteiger partial charge >= 0.3 is 0 Å². The van der Waals surface area contributed by atoms with Crippen molar-refractivity contribution in [3.05, 3.63) is 24.3 Å². The predicted octanol–water partition coefficient (Wildman–Crippen LogP) is 2.54. The van der Waals surface area contributed by atoms with Crippen LogP contribution in [-0.4, -0.2) is 12.7 Å². The van der Waals surface area contributed by atoms with E-state index in [1.807, 2.05) is 0 Å². The maximum absolute atomic E-state index is 5.81. The zero-order valence-electron chi connectivity index (χ0n) is 7.57. The summed E-state index contributed by atoms with van der Waals surface area (Å²) in [7, 11) is 0. The van der Waals surface area contributed by atoms with Crippen LogP contribution in [0.25, 0.3) is 0 Å². The molecule has 0 N–H and O–H groups in total. The lowest BCUT2D eigenvalue weighted by molar-refractivity contribution is 0.0326. The summed E-state index contributed by atoms with van der Waals surface area (Å²) < 4.78 is 5.81. The summed E-state index contributed by atoms with van der Waals surface area (Å²) in [6.07, 6.45) is 11.9. The maximum atomic E-state index is 5.81. The first-order chi connectivity index (χ1) is 5.92. The summed E-state index contributed by atoms with van der Waals surface area (Å²) >= 11 is 0. The second kappa shape index (κ2) is 3.44. The number of fused-ring (bicyclic) bond motifs is 2. The molecule has 2 aliphatic carbocycles. The topological polar surface area (TPSA) is 9.23 Å². The predicted molar refractivity (Wildman–Crippen MR) is 49.9 cm³/mol. The molecule has 0 aromatic heterocycles. The zero-order valence-corrected chi connectivity index (χ0v) is 7.57. The third-order valence-electron chi connectivity index (χ3n) is 2.68. The van der Waals surface area contributed by atoms with E-state index >= 15 is 0 Å². The largest absolute Gasteiger partial charge is 0.376 e. The standard InChI is InChI=1S/C11H16O/c1-2-3-8-12-11-9-4-5-10(11)7-6-9/h4-7,9-11H,2-3,8H2,1H3. The highest BCUT2D eigenvalue weighted by molar-refractivity contribution is 5.26. The summed E-state index contributed by atoms with van der Waals surface area (Å²) in [5, 5.41) is 0. The summed E-state index contributed by atoms with van der Waals surface area (Å²) in [5.41, 5.74) is 0. The van der Waals surface area contributed by atoms with Crippen LogP contribution in [0.2, 0.25) is 0 Å². The Bertz CT molecular complexity index is 175. The first-order valence-electron chi connectivity index (χ1n) is 4.90. The highest BCUT2D eigenvalue weighted by Crippen LogP contribution is 2.35. The number of rotatable bonds is 4. The van der Waals surface area contributed by atoms with Crippen molar-refractivity contribution < 1.29 is 4.74 Å². The average molecular weight is 164 g/mol. The molecule has 0 atom stereocenters. The van der Waals surface area contributed by atoms with Gasteiger partial charge in [0.1, 0.15) is 0 Å². The lowest BCUT2D eigenvalue weighted by Crippen LogP contribution is -2.20. The fourth-order valence-electron chi connectivity index (χ4n) is 1.92. The minimum absolute atomic E-state index is 0.441. The fourth-order valence-corrected chi connectivity index (χ4v) is 1.92. The van der Waals surface area contributed by atoms with Crippen LogP contribution >= 0.6 is 0 Å². The molecule has 0 aliphatic heterocycles. The molecule has 2 aliphatic rings. The first kappa shape index (κ1) is 8.06. The third-order valence-corrected chi connectivity index (χ3v) is 2.68. The van der Waals surface area contributed by atoms with E-state index in [9.17, 15) is 0 Å². The fraction of sp³-hybridized carbons (Fsp3) is 0.636. The number of ether oxygens (including phenoxy) is 1. The molecule has 1 nitrogen and oxygen atoms in total. The molecule has 12 heavy (non-hydrogen) atoms. The number of hydrogen-bond acceptors (Lipinski definition) is 1. The van der Waals surface area contributed by atoms with Gasteiger partial charge in [0.25, 0.3) is 0 Å². The molecule has 2 bridgehead atoms. The Morgan fingerprint density at radius 2 is 1.67 bits per heavy atom. The van der Waals surface area contributed by atoms with E-state index in [1.54, 1.807) is 0 Å². The van der Waals surface area contributed by atoms with E-state index in [1.165, 1.54) is 12.8 Å². The summed E-state index contributed by atoms with van der Waals surface area (Å²) in [5.74, 6) is 1.15. The second-order valence-corrected chi connectivity index (χ2v) is 3.61. The minimum atomic E-state index is 0.441. The van der Waals surface area contributed by atoms with Crippen molar-refractivity contribution in [3.8, 4) is 0 Å². The average Bonchev–Trinajstić information content (AvgIpc) is 2.65. The van der Waals surface area contributed by atoms with Crippen molar-refractivity contribution >= 4 is 0 Å². The van der Waals surface area contributed by atoms with Gasteiger partial charge in [-0.1, -0.05) is 37.6 Å². The molecular weight excluding hydrogens is 148 g/mol. The maximum Gasteiger partial charge on any atom is 0.0769 e. The molecular formula is C11H16O. The molecule has 2 rings (SSSR count). The minimum Gasteiger partial charge on any atom is -0.376 e. The van der Waals surface area contributed by atoms with Crippen LogP contribution < -0.4 is 0 Å². The van der Waals surface area contributed by atoms with Crippen LogP contribution in [0.3, 0.4) is 0 Å². The molecule has 0 saturated carbocycles.